The summed E-state index contributed by atoms with van der Waals surface area (Å²) in [7, 11) is 1.54. The first kappa shape index (κ1) is 29.9. The molecule has 4 aromatic carbocycles. The second-order valence-corrected chi connectivity index (χ2v) is 10.8. The van der Waals surface area contributed by atoms with Crippen molar-refractivity contribution in [3.05, 3.63) is 95.6 Å². The molecule has 42 heavy (non-hydrogen) atoms. The lowest BCUT2D eigenvalue weighted by Crippen LogP contribution is -2.13. The number of hydrogen-bond acceptors (Lipinski definition) is 10. The van der Waals surface area contributed by atoms with Gasteiger partial charge in [0.05, 0.1) is 44.5 Å². The molecule has 0 heterocycles. The van der Waals surface area contributed by atoms with Gasteiger partial charge in [-0.1, -0.05) is 17.7 Å². The number of carbonyl (C=O) groups is 2. The maximum absolute atomic E-state index is 13.7. The third-order valence-electron chi connectivity index (χ3n) is 6.19. The van der Waals surface area contributed by atoms with Crippen LogP contribution in [0, 0.1) is 6.92 Å². The molecule has 10 nitrogen and oxygen atoms in total. The number of methoxy groups -OCH3 is 4. The Morgan fingerprint density at radius 2 is 1.02 bits per heavy atom. The van der Waals surface area contributed by atoms with Crippen LogP contribution in [0.5, 0.6) is 34.5 Å². The van der Waals surface area contributed by atoms with Gasteiger partial charge in [0.1, 0.15) is 10.6 Å². The molecule has 0 aliphatic rings. The zero-order valence-electron chi connectivity index (χ0n) is 23.5. The van der Waals surface area contributed by atoms with Crippen LogP contribution >= 0.6 is 0 Å². The molecule has 0 aromatic heterocycles. The van der Waals surface area contributed by atoms with Gasteiger partial charge < -0.3 is 28.4 Å². The number of esters is 2. The molecule has 11 heteroatoms. The Morgan fingerprint density at radius 3 is 1.52 bits per heavy atom. The quantitative estimate of drug-likeness (QED) is 0.177. The number of aryl methyl sites for hydroxylation is 1. The topological polar surface area (TPSA) is 124 Å². The predicted molar refractivity (Wildman–Crippen MR) is 152 cm³/mol. The van der Waals surface area contributed by atoms with Crippen molar-refractivity contribution in [1.82, 2.24) is 0 Å². The van der Waals surface area contributed by atoms with E-state index in [1.165, 1.54) is 83.0 Å². The highest BCUT2D eigenvalue weighted by atomic mass is 32.2. The summed E-state index contributed by atoms with van der Waals surface area (Å²) in [5.74, 6) is -0.550. The molecular formula is C31H28O10S. The third kappa shape index (κ3) is 6.31. The lowest BCUT2D eigenvalue weighted by atomic mass is 10.2. The van der Waals surface area contributed by atoms with Crippen LogP contribution in [0.4, 0.5) is 0 Å². The van der Waals surface area contributed by atoms with Crippen LogP contribution in [0.1, 0.15) is 26.3 Å². The van der Waals surface area contributed by atoms with Gasteiger partial charge in [-0.3, -0.25) is 0 Å². The molecule has 0 bridgehead atoms. The summed E-state index contributed by atoms with van der Waals surface area (Å²) in [6.07, 6.45) is 0. The molecule has 0 N–H and O–H groups in total. The van der Waals surface area contributed by atoms with Crippen LogP contribution < -0.4 is 28.4 Å². The SMILES string of the molecule is COc1ccc(C(=O)Oc2ccc(OC(=O)c3ccc(OC)c(OC)c3)c(S(=O)(=O)c3ccc(C)cc3)c2)cc1OC. The lowest BCUT2D eigenvalue weighted by molar-refractivity contribution is 0.0715. The second kappa shape index (κ2) is 12.6. The first-order valence-corrected chi connectivity index (χ1v) is 13.9. The van der Waals surface area contributed by atoms with Crippen LogP contribution in [0.2, 0.25) is 0 Å². The number of ether oxygens (including phenoxy) is 6. The molecule has 0 radical (unpaired) electrons. The molecular weight excluding hydrogens is 564 g/mol. The van der Waals surface area contributed by atoms with Crippen LogP contribution in [-0.2, 0) is 9.84 Å². The highest BCUT2D eigenvalue weighted by Gasteiger charge is 2.26. The molecule has 0 saturated heterocycles. The van der Waals surface area contributed by atoms with Gasteiger partial charge in [0.2, 0.25) is 9.84 Å². The average Bonchev–Trinajstić information content (AvgIpc) is 3.01. The van der Waals surface area contributed by atoms with Crippen molar-refractivity contribution >= 4 is 21.8 Å². The first-order valence-electron chi connectivity index (χ1n) is 12.5. The predicted octanol–water partition coefficient (Wildman–Crippen LogP) is 5.30. The molecule has 0 fully saturated rings. The molecule has 0 aliphatic heterocycles. The van der Waals surface area contributed by atoms with Gasteiger partial charge in [0.15, 0.2) is 28.7 Å². The summed E-state index contributed by atoms with van der Waals surface area (Å²) in [5, 5.41) is 0. The summed E-state index contributed by atoms with van der Waals surface area (Å²) < 4.78 is 59.4. The largest absolute Gasteiger partial charge is 0.493 e. The van der Waals surface area contributed by atoms with E-state index < -0.39 is 21.8 Å². The molecule has 0 atom stereocenters. The highest BCUT2D eigenvalue weighted by Crippen LogP contribution is 2.35. The van der Waals surface area contributed by atoms with Crippen LogP contribution in [-0.4, -0.2) is 48.8 Å². The van der Waals surface area contributed by atoms with Gasteiger partial charge in [-0.2, -0.15) is 0 Å². The van der Waals surface area contributed by atoms with E-state index in [4.69, 9.17) is 28.4 Å². The molecule has 4 rings (SSSR count). The Morgan fingerprint density at radius 1 is 0.548 bits per heavy atom. The maximum Gasteiger partial charge on any atom is 0.343 e. The van der Waals surface area contributed by atoms with Crippen LogP contribution in [0.3, 0.4) is 0 Å². The molecule has 0 spiro atoms. The monoisotopic (exact) mass is 592 g/mol. The number of sulfone groups is 1. The molecule has 0 amide bonds. The Balaban J connectivity index is 1.72. The van der Waals surface area contributed by atoms with Gasteiger partial charge in [0.25, 0.3) is 0 Å². The van der Waals surface area contributed by atoms with E-state index in [1.54, 1.807) is 18.2 Å². The van der Waals surface area contributed by atoms with Crippen molar-refractivity contribution in [3.8, 4) is 34.5 Å². The minimum Gasteiger partial charge on any atom is -0.493 e. The van der Waals surface area contributed by atoms with Crippen molar-refractivity contribution in [2.24, 2.45) is 0 Å². The van der Waals surface area contributed by atoms with E-state index in [-0.39, 0.29) is 38.2 Å². The summed E-state index contributed by atoms with van der Waals surface area (Å²) in [4.78, 5) is 25.6. The Hall–Kier alpha value is -5.03. The molecule has 4 aromatic rings. The first-order chi connectivity index (χ1) is 20.1. The van der Waals surface area contributed by atoms with E-state index >= 15 is 0 Å². The lowest BCUT2D eigenvalue weighted by Gasteiger charge is -2.14. The van der Waals surface area contributed by atoms with E-state index in [2.05, 4.69) is 0 Å². The normalized spacial score (nSPS) is 10.9. The summed E-state index contributed by atoms with van der Waals surface area (Å²) in [6.45, 7) is 1.82. The minimum atomic E-state index is -4.23. The van der Waals surface area contributed by atoms with E-state index in [0.29, 0.717) is 17.2 Å². The number of carbonyl (C=O) groups excluding carboxylic acids is 2. The van der Waals surface area contributed by atoms with Gasteiger partial charge >= 0.3 is 11.9 Å². The summed E-state index contributed by atoms with van der Waals surface area (Å²) >= 11 is 0. The maximum atomic E-state index is 13.7. The average molecular weight is 593 g/mol. The molecule has 218 valence electrons. The minimum absolute atomic E-state index is 0.0418. The molecule has 0 unspecified atom stereocenters. The second-order valence-electron chi connectivity index (χ2n) is 8.84. The Kier molecular flexibility index (Phi) is 9.02. The van der Waals surface area contributed by atoms with Crippen molar-refractivity contribution in [1.29, 1.82) is 0 Å². The highest BCUT2D eigenvalue weighted by molar-refractivity contribution is 7.91. The number of rotatable bonds is 10. The van der Waals surface area contributed by atoms with Gasteiger partial charge in [-0.15, -0.1) is 0 Å². The fraction of sp³-hybridized carbons (Fsp3) is 0.161. The Labute approximate surface area is 243 Å². The van der Waals surface area contributed by atoms with Crippen molar-refractivity contribution in [2.75, 3.05) is 28.4 Å². The van der Waals surface area contributed by atoms with E-state index in [0.717, 1.165) is 11.6 Å². The van der Waals surface area contributed by atoms with Gasteiger partial charge in [-0.05, 0) is 67.6 Å². The van der Waals surface area contributed by atoms with Gasteiger partial charge in [-0.25, -0.2) is 18.0 Å². The van der Waals surface area contributed by atoms with Crippen molar-refractivity contribution in [2.45, 2.75) is 16.7 Å². The van der Waals surface area contributed by atoms with E-state index in [1.807, 2.05) is 6.92 Å². The zero-order chi connectivity index (χ0) is 30.4. The zero-order valence-corrected chi connectivity index (χ0v) is 24.3. The Bertz CT molecular complexity index is 1730. The van der Waals surface area contributed by atoms with Gasteiger partial charge in [0, 0.05) is 6.07 Å². The van der Waals surface area contributed by atoms with E-state index in [9.17, 15) is 18.0 Å². The smallest absolute Gasteiger partial charge is 0.343 e. The van der Waals surface area contributed by atoms with Crippen molar-refractivity contribution in [3.63, 3.8) is 0 Å². The molecule has 0 saturated carbocycles. The third-order valence-corrected chi connectivity index (χ3v) is 7.98. The number of benzene rings is 4. The molecule has 0 aliphatic carbocycles. The fourth-order valence-corrected chi connectivity index (χ4v) is 5.34. The van der Waals surface area contributed by atoms with Crippen molar-refractivity contribution < 1.29 is 46.4 Å². The standard InChI is InChI=1S/C31H28O10S/c1-19-6-11-23(12-7-19)42(34,35)29-18-22(40-30(32)20-8-13-24(36-2)27(16-20)38-4)10-15-26(29)41-31(33)21-9-14-25(37-3)28(17-21)39-5/h6-18H,1-5H3. The van der Waals surface area contributed by atoms with Crippen LogP contribution in [0.25, 0.3) is 0 Å². The fourth-order valence-electron chi connectivity index (χ4n) is 3.94. The summed E-state index contributed by atoms with van der Waals surface area (Å²) in [6, 6.07) is 18.7. The van der Waals surface area contributed by atoms with Crippen LogP contribution in [0.15, 0.2) is 88.7 Å². The summed E-state index contributed by atoms with van der Waals surface area (Å²) in [5.41, 5.74) is 1.08. The number of hydrogen-bond donors (Lipinski definition) is 0.